The van der Waals surface area contributed by atoms with Gasteiger partial charge in [0.25, 0.3) is 5.69 Å². The third-order valence-corrected chi connectivity index (χ3v) is 4.16. The maximum atomic E-state index is 11.1. The average molecular weight is 373 g/mol. The van der Waals surface area contributed by atoms with Crippen LogP contribution in [0.4, 0.5) is 5.69 Å². The molecule has 138 valence electrons. The molecule has 0 aliphatic carbocycles. The zero-order valence-corrected chi connectivity index (χ0v) is 14.9. The molecule has 0 saturated heterocycles. The Labute approximate surface area is 160 Å². The smallest absolute Gasteiger partial charge is 0.273 e. The number of non-ortho nitro benzene ring substituents is 1. The summed E-state index contributed by atoms with van der Waals surface area (Å²) in [6.07, 6.45) is 0. The van der Waals surface area contributed by atoms with E-state index in [4.69, 9.17) is 9.47 Å². The summed E-state index contributed by atoms with van der Waals surface area (Å²) < 4.78 is 11.3. The van der Waals surface area contributed by atoms with Gasteiger partial charge in [0.2, 0.25) is 5.88 Å². The lowest BCUT2D eigenvalue weighted by Crippen LogP contribution is -1.98. The van der Waals surface area contributed by atoms with Gasteiger partial charge in [0.1, 0.15) is 0 Å². The van der Waals surface area contributed by atoms with E-state index in [9.17, 15) is 10.1 Å². The van der Waals surface area contributed by atoms with Crippen LogP contribution in [0.3, 0.4) is 0 Å². The van der Waals surface area contributed by atoms with Gasteiger partial charge in [0.15, 0.2) is 17.3 Å². The first-order chi connectivity index (χ1) is 13.7. The first-order valence-corrected chi connectivity index (χ1v) is 8.48. The normalized spacial score (nSPS) is 10.6. The molecule has 7 nitrogen and oxygen atoms in total. The SMILES string of the molecule is COc1ccc([N+](=O)[O-])cc1Oc1nc(-c2ccccc2)nc2ccccc12. The molecule has 0 N–H and O–H groups in total. The predicted molar refractivity (Wildman–Crippen MR) is 105 cm³/mol. The average Bonchev–Trinajstić information content (AvgIpc) is 2.74. The van der Waals surface area contributed by atoms with Gasteiger partial charge in [-0.25, -0.2) is 4.98 Å². The number of rotatable bonds is 5. The Bertz CT molecular complexity index is 1160. The second kappa shape index (κ2) is 7.32. The minimum Gasteiger partial charge on any atom is -0.493 e. The summed E-state index contributed by atoms with van der Waals surface area (Å²) in [4.78, 5) is 19.8. The number of fused-ring (bicyclic) bond motifs is 1. The van der Waals surface area contributed by atoms with Gasteiger partial charge in [-0.15, -0.1) is 0 Å². The van der Waals surface area contributed by atoms with Crippen LogP contribution in [-0.4, -0.2) is 22.0 Å². The standard InChI is InChI=1S/C21H15N3O4/c1-27-18-12-11-15(24(25)26)13-19(18)28-21-16-9-5-6-10-17(16)22-20(23-21)14-7-3-2-4-8-14/h2-13H,1H3. The molecule has 4 rings (SSSR count). The number of methoxy groups -OCH3 is 1. The Morgan fingerprint density at radius 2 is 1.64 bits per heavy atom. The zero-order valence-electron chi connectivity index (χ0n) is 14.9. The van der Waals surface area contributed by atoms with Gasteiger partial charge in [-0.3, -0.25) is 10.1 Å². The molecule has 0 aliphatic heterocycles. The maximum absolute atomic E-state index is 11.1. The van der Waals surface area contributed by atoms with E-state index in [1.165, 1.54) is 25.3 Å². The number of para-hydroxylation sites is 1. The van der Waals surface area contributed by atoms with Crippen LogP contribution in [-0.2, 0) is 0 Å². The van der Waals surface area contributed by atoms with Crippen molar-refractivity contribution < 1.29 is 14.4 Å². The zero-order chi connectivity index (χ0) is 19.5. The van der Waals surface area contributed by atoms with Gasteiger partial charge in [-0.2, -0.15) is 4.98 Å². The largest absolute Gasteiger partial charge is 0.493 e. The summed E-state index contributed by atoms with van der Waals surface area (Å²) in [6.45, 7) is 0. The summed E-state index contributed by atoms with van der Waals surface area (Å²) in [5.74, 6) is 1.37. The lowest BCUT2D eigenvalue weighted by atomic mass is 10.2. The maximum Gasteiger partial charge on any atom is 0.273 e. The van der Waals surface area contributed by atoms with Gasteiger partial charge < -0.3 is 9.47 Å². The van der Waals surface area contributed by atoms with Crippen LogP contribution in [0.25, 0.3) is 22.3 Å². The Balaban J connectivity index is 1.87. The number of hydrogen-bond acceptors (Lipinski definition) is 6. The number of nitrogens with zero attached hydrogens (tertiary/aromatic N) is 3. The summed E-state index contributed by atoms with van der Waals surface area (Å²) in [5.41, 5.74) is 1.44. The summed E-state index contributed by atoms with van der Waals surface area (Å²) in [6, 6.07) is 21.1. The molecule has 4 aromatic rings. The highest BCUT2D eigenvalue weighted by Gasteiger charge is 2.17. The molecule has 1 heterocycles. The Hall–Kier alpha value is -4.00. The molecular weight excluding hydrogens is 358 g/mol. The number of aromatic nitrogens is 2. The molecule has 0 radical (unpaired) electrons. The summed E-state index contributed by atoms with van der Waals surface area (Å²) >= 11 is 0. The summed E-state index contributed by atoms with van der Waals surface area (Å²) in [7, 11) is 1.47. The van der Waals surface area contributed by atoms with E-state index < -0.39 is 4.92 Å². The highest BCUT2D eigenvalue weighted by atomic mass is 16.6. The molecule has 0 atom stereocenters. The minimum absolute atomic E-state index is 0.0996. The van der Waals surface area contributed by atoms with Crippen molar-refractivity contribution in [2.75, 3.05) is 7.11 Å². The van der Waals surface area contributed by atoms with Crippen LogP contribution in [0.2, 0.25) is 0 Å². The van der Waals surface area contributed by atoms with E-state index in [1.54, 1.807) is 0 Å². The van der Waals surface area contributed by atoms with Crippen LogP contribution < -0.4 is 9.47 Å². The van der Waals surface area contributed by atoms with Crippen LogP contribution in [0.1, 0.15) is 0 Å². The van der Waals surface area contributed by atoms with Gasteiger partial charge in [-0.1, -0.05) is 42.5 Å². The molecule has 0 saturated carbocycles. The van der Waals surface area contributed by atoms with Crippen molar-refractivity contribution in [2.45, 2.75) is 0 Å². The number of nitro benzene ring substituents is 1. The van der Waals surface area contributed by atoms with Crippen molar-refractivity contribution >= 4 is 16.6 Å². The van der Waals surface area contributed by atoms with Crippen molar-refractivity contribution in [1.29, 1.82) is 0 Å². The molecule has 0 unspecified atom stereocenters. The number of nitro groups is 1. The molecule has 0 aliphatic rings. The number of hydrogen-bond donors (Lipinski definition) is 0. The second-order valence-corrected chi connectivity index (χ2v) is 5.93. The van der Waals surface area contributed by atoms with Gasteiger partial charge in [0, 0.05) is 11.6 Å². The Kier molecular flexibility index (Phi) is 4.55. The van der Waals surface area contributed by atoms with E-state index >= 15 is 0 Å². The van der Waals surface area contributed by atoms with Crippen molar-refractivity contribution in [3.63, 3.8) is 0 Å². The Morgan fingerprint density at radius 1 is 0.893 bits per heavy atom. The lowest BCUT2D eigenvalue weighted by Gasteiger charge is -2.12. The third-order valence-electron chi connectivity index (χ3n) is 4.16. The second-order valence-electron chi connectivity index (χ2n) is 5.93. The van der Waals surface area contributed by atoms with Gasteiger partial charge >= 0.3 is 0 Å². The van der Waals surface area contributed by atoms with Crippen LogP contribution >= 0.6 is 0 Å². The molecule has 0 fully saturated rings. The Morgan fingerprint density at radius 3 is 2.39 bits per heavy atom. The molecule has 28 heavy (non-hydrogen) atoms. The fraction of sp³-hybridized carbons (Fsp3) is 0.0476. The number of benzene rings is 3. The van der Waals surface area contributed by atoms with Gasteiger partial charge in [-0.05, 0) is 18.2 Å². The monoisotopic (exact) mass is 373 g/mol. The molecule has 7 heteroatoms. The topological polar surface area (TPSA) is 87.4 Å². The van der Waals surface area contributed by atoms with E-state index in [-0.39, 0.29) is 11.4 Å². The van der Waals surface area contributed by atoms with Crippen molar-refractivity contribution in [1.82, 2.24) is 9.97 Å². The van der Waals surface area contributed by atoms with E-state index in [1.807, 2.05) is 54.6 Å². The van der Waals surface area contributed by atoms with Crippen molar-refractivity contribution in [2.24, 2.45) is 0 Å². The molecule has 1 aromatic heterocycles. The molecule has 0 bridgehead atoms. The van der Waals surface area contributed by atoms with E-state index in [0.29, 0.717) is 28.4 Å². The quantitative estimate of drug-likeness (QED) is 0.361. The molecule has 0 amide bonds. The van der Waals surface area contributed by atoms with E-state index in [0.717, 1.165) is 5.56 Å². The first kappa shape index (κ1) is 17.4. The van der Waals surface area contributed by atoms with Crippen molar-refractivity contribution in [3.8, 4) is 28.8 Å². The summed E-state index contributed by atoms with van der Waals surface area (Å²) in [5, 5.41) is 11.8. The molecule has 0 spiro atoms. The fourth-order valence-corrected chi connectivity index (χ4v) is 2.80. The first-order valence-electron chi connectivity index (χ1n) is 8.48. The number of ether oxygens (including phenoxy) is 2. The molecular formula is C21H15N3O4. The molecule has 3 aromatic carbocycles. The van der Waals surface area contributed by atoms with Crippen molar-refractivity contribution in [3.05, 3.63) is 82.9 Å². The van der Waals surface area contributed by atoms with Gasteiger partial charge in [0.05, 0.1) is 29.0 Å². The minimum atomic E-state index is -0.486. The third kappa shape index (κ3) is 3.33. The van der Waals surface area contributed by atoms with E-state index in [2.05, 4.69) is 9.97 Å². The highest BCUT2D eigenvalue weighted by molar-refractivity contribution is 5.85. The lowest BCUT2D eigenvalue weighted by molar-refractivity contribution is -0.384. The van der Waals surface area contributed by atoms with Crippen LogP contribution in [0.15, 0.2) is 72.8 Å². The highest BCUT2D eigenvalue weighted by Crippen LogP contribution is 2.37. The fourth-order valence-electron chi connectivity index (χ4n) is 2.80. The van der Waals surface area contributed by atoms with Crippen LogP contribution in [0.5, 0.6) is 17.4 Å². The van der Waals surface area contributed by atoms with Crippen LogP contribution in [0, 0.1) is 10.1 Å². The predicted octanol–water partition coefficient (Wildman–Crippen LogP) is 5.01.